The molecule has 1 aliphatic carbocycles. The fourth-order valence-corrected chi connectivity index (χ4v) is 3.30. The third kappa shape index (κ3) is 2.85. The van der Waals surface area contributed by atoms with E-state index >= 15 is 0 Å². The number of nitrogens with one attached hydrogen (secondary N) is 1. The lowest BCUT2D eigenvalue weighted by Gasteiger charge is -2.15. The first-order chi connectivity index (χ1) is 12.6. The number of rotatable bonds is 5. The Morgan fingerprint density at radius 3 is 2.85 bits per heavy atom. The van der Waals surface area contributed by atoms with Crippen LogP contribution in [0.5, 0.6) is 0 Å². The number of carbonyl (C=O) groups is 1. The minimum Gasteiger partial charge on any atom is -0.319 e. The fourth-order valence-electron chi connectivity index (χ4n) is 3.30. The summed E-state index contributed by atoms with van der Waals surface area (Å²) in [6.45, 7) is 4.25. The Labute approximate surface area is 151 Å². The van der Waals surface area contributed by atoms with Crippen LogP contribution in [0.25, 0.3) is 10.8 Å². The summed E-state index contributed by atoms with van der Waals surface area (Å²) >= 11 is 0. The summed E-state index contributed by atoms with van der Waals surface area (Å²) in [7, 11) is 0. The fraction of sp³-hybridized carbons (Fsp3) is 0.350. The Bertz CT molecular complexity index is 977. The summed E-state index contributed by atoms with van der Waals surface area (Å²) < 4.78 is 16.0. The van der Waals surface area contributed by atoms with Gasteiger partial charge in [-0.25, -0.2) is 4.39 Å². The van der Waals surface area contributed by atoms with Gasteiger partial charge in [-0.05, 0) is 44.4 Å². The highest BCUT2D eigenvalue weighted by atomic mass is 19.1. The van der Waals surface area contributed by atoms with E-state index in [0.29, 0.717) is 22.3 Å². The maximum atomic E-state index is 14.0. The van der Waals surface area contributed by atoms with E-state index in [1.807, 2.05) is 4.68 Å². The zero-order valence-corrected chi connectivity index (χ0v) is 14.9. The zero-order valence-electron chi connectivity index (χ0n) is 14.9. The molecule has 0 radical (unpaired) electrons. The number of pyridine rings is 1. The van der Waals surface area contributed by atoms with Gasteiger partial charge in [0.25, 0.3) is 5.91 Å². The lowest BCUT2D eigenvalue weighted by Crippen LogP contribution is -2.15. The third-order valence-electron chi connectivity index (χ3n) is 5.06. The largest absolute Gasteiger partial charge is 0.319 e. The smallest absolute Gasteiger partial charge is 0.256 e. The second kappa shape index (κ2) is 6.52. The van der Waals surface area contributed by atoms with Gasteiger partial charge in [-0.15, -0.1) is 0 Å². The highest BCUT2D eigenvalue weighted by Crippen LogP contribution is 2.44. The van der Waals surface area contributed by atoms with E-state index in [0.717, 1.165) is 30.6 Å². The molecule has 1 aliphatic rings. The number of carbonyl (C=O) groups excluding carboxylic acids is 1. The number of hydrogen-bond acceptors (Lipinski definition) is 3. The summed E-state index contributed by atoms with van der Waals surface area (Å²) in [5, 5.41) is 8.39. The number of benzene rings is 1. The molecule has 1 saturated carbocycles. The maximum absolute atomic E-state index is 14.0. The van der Waals surface area contributed by atoms with Crippen LogP contribution < -0.4 is 5.32 Å². The van der Waals surface area contributed by atoms with Crippen LogP contribution in [0, 0.1) is 5.82 Å². The van der Waals surface area contributed by atoms with Crippen molar-refractivity contribution < 1.29 is 9.18 Å². The SMILES string of the molecule is CCC(C)n1ncc(NC(=O)c2ccc(F)c3ccncc23)c1C1CC1. The number of halogens is 1. The van der Waals surface area contributed by atoms with Gasteiger partial charge in [-0.2, -0.15) is 5.10 Å². The highest BCUT2D eigenvalue weighted by Gasteiger charge is 2.32. The molecule has 1 N–H and O–H groups in total. The van der Waals surface area contributed by atoms with Crippen LogP contribution in [0.1, 0.15) is 61.1 Å². The minimum absolute atomic E-state index is 0.270. The Morgan fingerprint density at radius 2 is 2.12 bits per heavy atom. The van der Waals surface area contributed by atoms with Crippen LogP contribution in [0.4, 0.5) is 10.1 Å². The highest BCUT2D eigenvalue weighted by molar-refractivity contribution is 6.13. The van der Waals surface area contributed by atoms with Crippen LogP contribution in [-0.2, 0) is 0 Å². The Balaban J connectivity index is 1.70. The van der Waals surface area contributed by atoms with E-state index in [9.17, 15) is 9.18 Å². The van der Waals surface area contributed by atoms with Crippen molar-refractivity contribution in [1.82, 2.24) is 14.8 Å². The molecule has 134 valence electrons. The molecule has 1 unspecified atom stereocenters. The minimum atomic E-state index is -0.359. The van der Waals surface area contributed by atoms with Crippen molar-refractivity contribution in [3.63, 3.8) is 0 Å². The monoisotopic (exact) mass is 352 g/mol. The number of aromatic nitrogens is 3. The Kier molecular flexibility index (Phi) is 4.18. The van der Waals surface area contributed by atoms with Gasteiger partial charge in [0.05, 0.1) is 17.6 Å². The average Bonchev–Trinajstić information content (AvgIpc) is 3.42. The first-order valence-electron chi connectivity index (χ1n) is 9.01. The summed E-state index contributed by atoms with van der Waals surface area (Å²) in [6, 6.07) is 4.69. The quantitative estimate of drug-likeness (QED) is 0.726. The normalized spacial score (nSPS) is 15.2. The topological polar surface area (TPSA) is 59.8 Å². The molecule has 1 amide bonds. The molecule has 6 heteroatoms. The molecule has 1 fully saturated rings. The van der Waals surface area contributed by atoms with Crippen LogP contribution in [-0.4, -0.2) is 20.7 Å². The van der Waals surface area contributed by atoms with Gasteiger partial charge in [0.2, 0.25) is 0 Å². The second-order valence-corrected chi connectivity index (χ2v) is 6.89. The molecule has 0 spiro atoms. The van der Waals surface area contributed by atoms with E-state index < -0.39 is 0 Å². The van der Waals surface area contributed by atoms with E-state index in [4.69, 9.17) is 0 Å². The van der Waals surface area contributed by atoms with Crippen molar-refractivity contribution in [3.8, 4) is 0 Å². The lowest BCUT2D eigenvalue weighted by atomic mass is 10.1. The molecule has 26 heavy (non-hydrogen) atoms. The predicted molar refractivity (Wildman–Crippen MR) is 98.9 cm³/mol. The molecule has 0 saturated heterocycles. The molecule has 1 atom stereocenters. The predicted octanol–water partition coefficient (Wildman–Crippen LogP) is 4.67. The molecule has 0 bridgehead atoms. The summed E-state index contributed by atoms with van der Waals surface area (Å²) in [5.41, 5.74) is 2.25. The van der Waals surface area contributed by atoms with Gasteiger partial charge < -0.3 is 5.32 Å². The van der Waals surface area contributed by atoms with Crippen molar-refractivity contribution in [2.45, 2.75) is 45.1 Å². The van der Waals surface area contributed by atoms with Gasteiger partial charge in [-0.3, -0.25) is 14.5 Å². The number of nitrogens with zero attached hydrogens (tertiary/aromatic N) is 3. The van der Waals surface area contributed by atoms with Gasteiger partial charge in [0, 0.05) is 40.7 Å². The third-order valence-corrected chi connectivity index (χ3v) is 5.06. The Hall–Kier alpha value is -2.76. The van der Waals surface area contributed by atoms with Crippen molar-refractivity contribution in [2.24, 2.45) is 0 Å². The number of amides is 1. The first kappa shape index (κ1) is 16.7. The van der Waals surface area contributed by atoms with E-state index in [-0.39, 0.29) is 17.8 Å². The van der Waals surface area contributed by atoms with Crippen LogP contribution in [0.15, 0.2) is 36.8 Å². The number of anilines is 1. The van der Waals surface area contributed by atoms with Gasteiger partial charge in [0.15, 0.2) is 0 Å². The molecule has 2 aromatic heterocycles. The number of hydrogen-bond donors (Lipinski definition) is 1. The van der Waals surface area contributed by atoms with Crippen molar-refractivity contribution in [3.05, 3.63) is 53.9 Å². The zero-order chi connectivity index (χ0) is 18.3. The Morgan fingerprint density at radius 1 is 1.31 bits per heavy atom. The molecule has 3 aromatic rings. The maximum Gasteiger partial charge on any atom is 0.256 e. The van der Waals surface area contributed by atoms with Crippen molar-refractivity contribution in [2.75, 3.05) is 5.32 Å². The molecule has 4 rings (SSSR count). The van der Waals surface area contributed by atoms with E-state index in [1.165, 1.54) is 24.5 Å². The standard InChI is InChI=1S/C20H21FN4O/c1-3-12(2)25-19(13-4-5-13)18(11-23-25)24-20(26)15-6-7-17(21)14-8-9-22-10-16(14)15/h6-13H,3-5H2,1-2H3,(H,24,26). The van der Waals surface area contributed by atoms with Crippen LogP contribution in [0.2, 0.25) is 0 Å². The van der Waals surface area contributed by atoms with Crippen LogP contribution >= 0.6 is 0 Å². The molecule has 2 heterocycles. The lowest BCUT2D eigenvalue weighted by molar-refractivity contribution is 0.102. The number of fused-ring (bicyclic) bond motifs is 1. The molecule has 1 aromatic carbocycles. The molecular weight excluding hydrogens is 331 g/mol. The van der Waals surface area contributed by atoms with Crippen molar-refractivity contribution >= 4 is 22.4 Å². The van der Waals surface area contributed by atoms with Gasteiger partial charge >= 0.3 is 0 Å². The summed E-state index contributed by atoms with van der Waals surface area (Å²) in [4.78, 5) is 16.9. The second-order valence-electron chi connectivity index (χ2n) is 6.89. The van der Waals surface area contributed by atoms with Gasteiger partial charge in [0.1, 0.15) is 5.82 Å². The average molecular weight is 352 g/mol. The summed E-state index contributed by atoms with van der Waals surface area (Å²) in [6.07, 6.45) is 7.99. The van der Waals surface area contributed by atoms with E-state index in [1.54, 1.807) is 12.3 Å². The van der Waals surface area contributed by atoms with Gasteiger partial charge in [-0.1, -0.05) is 6.92 Å². The molecule has 5 nitrogen and oxygen atoms in total. The van der Waals surface area contributed by atoms with Crippen molar-refractivity contribution in [1.29, 1.82) is 0 Å². The van der Waals surface area contributed by atoms with Crippen LogP contribution in [0.3, 0.4) is 0 Å². The molecular formula is C20H21FN4O. The first-order valence-corrected chi connectivity index (χ1v) is 9.01. The molecule has 0 aliphatic heterocycles. The summed E-state index contributed by atoms with van der Waals surface area (Å²) in [5.74, 6) is -0.177. The van der Waals surface area contributed by atoms with E-state index in [2.05, 4.69) is 29.2 Å².